The average Bonchev–Trinajstić information content (AvgIpc) is 3.15. The van der Waals surface area contributed by atoms with Crippen LogP contribution >= 0.6 is 0 Å². The first-order valence-corrected chi connectivity index (χ1v) is 10.7. The summed E-state index contributed by atoms with van der Waals surface area (Å²) >= 11 is 0. The van der Waals surface area contributed by atoms with E-state index in [2.05, 4.69) is 31.0 Å². The summed E-state index contributed by atoms with van der Waals surface area (Å²) in [7, 11) is 1.60. The quantitative estimate of drug-likeness (QED) is 0.351. The number of aliphatic carboxylic acids is 1. The van der Waals surface area contributed by atoms with Crippen LogP contribution in [-0.4, -0.2) is 23.2 Å². The van der Waals surface area contributed by atoms with E-state index in [-0.39, 0.29) is 6.42 Å². The van der Waals surface area contributed by atoms with Gasteiger partial charge in [0.2, 0.25) is 0 Å². The van der Waals surface area contributed by atoms with E-state index in [9.17, 15) is 9.90 Å². The van der Waals surface area contributed by atoms with Crippen LogP contribution in [0, 0.1) is 0 Å². The zero-order valence-corrected chi connectivity index (χ0v) is 18.5. The zero-order valence-electron chi connectivity index (χ0n) is 18.5. The summed E-state index contributed by atoms with van der Waals surface area (Å²) in [5.74, 6) is 0.729. The predicted molar refractivity (Wildman–Crippen MR) is 126 cm³/mol. The number of hydrogen-bond acceptors (Lipinski definition) is 3. The van der Waals surface area contributed by atoms with Gasteiger partial charge in [0.15, 0.2) is 11.5 Å². The molecule has 2 N–H and O–H groups in total. The van der Waals surface area contributed by atoms with E-state index in [1.165, 1.54) is 5.56 Å². The molecule has 0 atom stereocenters. The van der Waals surface area contributed by atoms with Gasteiger partial charge in [-0.05, 0) is 52.9 Å². The maximum absolute atomic E-state index is 11.7. The Bertz CT molecular complexity index is 1240. The van der Waals surface area contributed by atoms with Gasteiger partial charge in [0.1, 0.15) is 6.61 Å². The fraction of sp³-hybridized carbons (Fsp3) is 0.222. The number of carbonyl (C=O) groups is 1. The Morgan fingerprint density at radius 1 is 1.00 bits per heavy atom. The number of carboxylic acids is 1. The highest BCUT2D eigenvalue weighted by molar-refractivity contribution is 5.94. The van der Waals surface area contributed by atoms with E-state index in [4.69, 9.17) is 9.47 Å². The number of ether oxygens (including phenoxy) is 2. The molecule has 4 rings (SSSR count). The van der Waals surface area contributed by atoms with E-state index < -0.39 is 5.97 Å². The molecule has 5 heteroatoms. The molecule has 32 heavy (non-hydrogen) atoms. The first-order chi connectivity index (χ1) is 15.5. The van der Waals surface area contributed by atoms with Gasteiger partial charge < -0.3 is 19.6 Å². The molecule has 0 aliphatic heterocycles. The van der Waals surface area contributed by atoms with Crippen molar-refractivity contribution in [2.45, 2.75) is 32.8 Å². The number of hydrogen-bond donors (Lipinski definition) is 2. The summed E-state index contributed by atoms with van der Waals surface area (Å²) < 4.78 is 11.6. The number of rotatable bonds is 8. The van der Waals surface area contributed by atoms with Gasteiger partial charge >= 0.3 is 5.97 Å². The van der Waals surface area contributed by atoms with Crippen LogP contribution in [0.25, 0.3) is 22.2 Å². The number of H-pyrrole nitrogens is 1. The Kier molecular flexibility index (Phi) is 6.17. The summed E-state index contributed by atoms with van der Waals surface area (Å²) in [6.45, 7) is 4.69. The van der Waals surface area contributed by atoms with Crippen LogP contribution in [0.3, 0.4) is 0 Å². The minimum atomic E-state index is -0.864. The minimum absolute atomic E-state index is 0.0640. The van der Waals surface area contributed by atoms with Gasteiger partial charge in [-0.1, -0.05) is 50.2 Å². The Labute approximate surface area is 187 Å². The normalized spacial score (nSPS) is 11.1. The predicted octanol–water partition coefficient (Wildman–Crippen LogP) is 6.17. The Balaban J connectivity index is 1.73. The van der Waals surface area contributed by atoms with Crippen molar-refractivity contribution in [3.05, 3.63) is 83.4 Å². The first-order valence-electron chi connectivity index (χ1n) is 10.7. The van der Waals surface area contributed by atoms with Crippen molar-refractivity contribution in [3.8, 4) is 22.8 Å². The van der Waals surface area contributed by atoms with Gasteiger partial charge in [-0.2, -0.15) is 0 Å². The van der Waals surface area contributed by atoms with Crippen molar-refractivity contribution in [3.63, 3.8) is 0 Å². The molecule has 5 nitrogen and oxygen atoms in total. The number of methoxy groups -OCH3 is 1. The van der Waals surface area contributed by atoms with Crippen LogP contribution in [0.2, 0.25) is 0 Å². The van der Waals surface area contributed by atoms with Crippen molar-refractivity contribution in [2.75, 3.05) is 7.11 Å². The fourth-order valence-corrected chi connectivity index (χ4v) is 3.88. The average molecular weight is 430 g/mol. The molecule has 4 aromatic rings. The highest BCUT2D eigenvalue weighted by atomic mass is 16.5. The van der Waals surface area contributed by atoms with Crippen molar-refractivity contribution in [2.24, 2.45) is 0 Å². The Morgan fingerprint density at radius 3 is 2.47 bits per heavy atom. The lowest BCUT2D eigenvalue weighted by atomic mass is 9.97. The maximum atomic E-state index is 11.7. The van der Waals surface area contributed by atoms with Gasteiger partial charge in [0, 0.05) is 16.5 Å². The van der Waals surface area contributed by atoms with Gasteiger partial charge in [-0.25, -0.2) is 0 Å². The standard InChI is InChI=1S/C27H27NO4/c1-17(2)19-9-11-23-21(13-19)22(15-26(29)30)27(28-23)20-10-12-24(25(14-20)31-3)32-16-18-7-5-4-6-8-18/h4-14,17,28H,15-16H2,1-3H3,(H,29,30). The van der Waals surface area contributed by atoms with Crippen LogP contribution in [0.15, 0.2) is 66.7 Å². The summed E-state index contributed by atoms with van der Waals surface area (Å²) in [4.78, 5) is 15.1. The van der Waals surface area contributed by atoms with E-state index in [0.717, 1.165) is 33.3 Å². The van der Waals surface area contributed by atoms with E-state index >= 15 is 0 Å². The number of fused-ring (bicyclic) bond motifs is 1. The molecule has 1 aromatic heterocycles. The molecule has 0 aliphatic rings. The van der Waals surface area contributed by atoms with Gasteiger partial charge in [0.05, 0.1) is 19.2 Å². The lowest BCUT2D eigenvalue weighted by Gasteiger charge is -2.13. The number of carboxylic acid groups (broad SMARTS) is 1. The second-order valence-corrected chi connectivity index (χ2v) is 8.15. The lowest BCUT2D eigenvalue weighted by Crippen LogP contribution is -2.01. The highest BCUT2D eigenvalue weighted by Crippen LogP contribution is 2.37. The van der Waals surface area contributed by atoms with Gasteiger partial charge in [-0.15, -0.1) is 0 Å². The second-order valence-electron chi connectivity index (χ2n) is 8.15. The molecule has 164 valence electrons. The lowest BCUT2D eigenvalue weighted by molar-refractivity contribution is -0.136. The number of nitrogens with one attached hydrogen (secondary N) is 1. The van der Waals surface area contributed by atoms with Crippen molar-refractivity contribution >= 4 is 16.9 Å². The zero-order chi connectivity index (χ0) is 22.7. The topological polar surface area (TPSA) is 71.6 Å². The largest absolute Gasteiger partial charge is 0.493 e. The molecule has 0 aliphatic carbocycles. The van der Waals surface area contributed by atoms with E-state index in [0.29, 0.717) is 24.0 Å². The van der Waals surface area contributed by atoms with Crippen molar-refractivity contribution in [1.29, 1.82) is 0 Å². The third-order valence-electron chi connectivity index (χ3n) is 5.61. The molecule has 0 spiro atoms. The summed E-state index contributed by atoms with van der Waals surface area (Å²) in [5, 5.41) is 10.5. The summed E-state index contributed by atoms with van der Waals surface area (Å²) in [6, 6.07) is 21.8. The van der Waals surface area contributed by atoms with Crippen LogP contribution in [-0.2, 0) is 17.8 Å². The summed E-state index contributed by atoms with van der Waals surface area (Å²) in [5.41, 5.74) is 5.58. The number of aromatic nitrogens is 1. The Hall–Kier alpha value is -3.73. The number of benzene rings is 3. The molecular weight excluding hydrogens is 402 g/mol. The maximum Gasteiger partial charge on any atom is 0.307 e. The highest BCUT2D eigenvalue weighted by Gasteiger charge is 2.18. The first kappa shape index (κ1) is 21.5. The summed E-state index contributed by atoms with van der Waals surface area (Å²) in [6.07, 6.45) is -0.0640. The molecule has 0 saturated heterocycles. The molecule has 0 amide bonds. The minimum Gasteiger partial charge on any atom is -0.493 e. The van der Waals surface area contributed by atoms with Crippen LogP contribution in [0.4, 0.5) is 0 Å². The molecule has 0 fully saturated rings. The van der Waals surface area contributed by atoms with Crippen LogP contribution in [0.5, 0.6) is 11.5 Å². The molecule has 0 bridgehead atoms. The van der Waals surface area contributed by atoms with Gasteiger partial charge in [-0.3, -0.25) is 4.79 Å². The third-order valence-corrected chi connectivity index (χ3v) is 5.61. The Morgan fingerprint density at radius 2 is 1.78 bits per heavy atom. The van der Waals surface area contributed by atoms with Crippen LogP contribution < -0.4 is 9.47 Å². The SMILES string of the molecule is COc1cc(-c2[nH]c3ccc(C(C)C)cc3c2CC(=O)O)ccc1OCc1ccccc1. The fourth-order valence-electron chi connectivity index (χ4n) is 3.88. The van der Waals surface area contributed by atoms with E-state index in [1.54, 1.807) is 7.11 Å². The smallest absolute Gasteiger partial charge is 0.307 e. The second kappa shape index (κ2) is 9.18. The van der Waals surface area contributed by atoms with Crippen molar-refractivity contribution in [1.82, 2.24) is 4.98 Å². The number of aromatic amines is 1. The molecule has 0 unspecified atom stereocenters. The molecule has 3 aromatic carbocycles. The third kappa shape index (κ3) is 4.47. The molecule has 0 radical (unpaired) electrons. The molecule has 1 heterocycles. The van der Waals surface area contributed by atoms with E-state index in [1.807, 2.05) is 54.6 Å². The molecular formula is C27H27NO4. The molecule has 0 saturated carbocycles. The van der Waals surface area contributed by atoms with Gasteiger partial charge in [0.25, 0.3) is 0 Å². The van der Waals surface area contributed by atoms with Crippen molar-refractivity contribution < 1.29 is 19.4 Å². The monoisotopic (exact) mass is 429 g/mol. The van der Waals surface area contributed by atoms with Crippen LogP contribution in [0.1, 0.15) is 36.5 Å².